The van der Waals surface area contributed by atoms with Gasteiger partial charge in [0, 0.05) is 20.8 Å². The van der Waals surface area contributed by atoms with Crippen LogP contribution in [-0.2, 0) is 32.8 Å². The molecule has 4 aromatic carbocycles. The molecule has 0 fully saturated rings. The van der Waals surface area contributed by atoms with E-state index in [1.165, 1.54) is 6.07 Å². The Morgan fingerprint density at radius 1 is 0.583 bits per heavy atom. The average Bonchev–Trinajstić information content (AvgIpc) is 3.01. The van der Waals surface area contributed by atoms with Crippen molar-refractivity contribution in [2.75, 3.05) is 13.2 Å². The summed E-state index contributed by atoms with van der Waals surface area (Å²) < 4.78 is 70.8. The summed E-state index contributed by atoms with van der Waals surface area (Å²) in [5, 5.41) is 0. The minimum absolute atomic E-state index is 0.115. The quantitative estimate of drug-likeness (QED) is 0.136. The van der Waals surface area contributed by atoms with E-state index in [0.29, 0.717) is 14.7 Å². The molecule has 4 aromatic rings. The lowest BCUT2D eigenvalue weighted by Gasteiger charge is -2.39. The molecule has 0 aromatic heterocycles. The molecule has 4 rings (SSSR count). The van der Waals surface area contributed by atoms with Gasteiger partial charge in [-0.15, -0.1) is 0 Å². The van der Waals surface area contributed by atoms with Gasteiger partial charge in [-0.3, -0.25) is 0 Å². The smallest absolute Gasteiger partial charge is 0.344 e. The monoisotopic (exact) mass is 698 g/mol. The Balaban J connectivity index is 1.92. The molecule has 256 valence electrons. The molecule has 0 radical (unpaired) electrons. The molecule has 12 heteroatoms. The summed E-state index contributed by atoms with van der Waals surface area (Å²) in [5.41, 5.74) is -1.51. The average molecular weight is 699 g/mol. The van der Waals surface area contributed by atoms with Crippen LogP contribution in [0.4, 0.5) is 4.39 Å². The van der Waals surface area contributed by atoms with Gasteiger partial charge in [-0.25, -0.2) is 17.6 Å². The van der Waals surface area contributed by atoms with Gasteiger partial charge in [-0.1, -0.05) is 36.4 Å². The van der Waals surface area contributed by atoms with E-state index in [-0.39, 0.29) is 16.4 Å². The van der Waals surface area contributed by atoms with Crippen LogP contribution in [0.1, 0.15) is 41.5 Å². The van der Waals surface area contributed by atoms with Crippen LogP contribution in [-0.4, -0.2) is 44.8 Å². The fraction of sp³-hybridized carbons (Fsp3) is 0.278. The molecule has 0 N–H and O–H groups in total. The van der Waals surface area contributed by atoms with Crippen molar-refractivity contribution in [2.24, 2.45) is 0 Å². The van der Waals surface area contributed by atoms with Crippen LogP contribution in [0.5, 0.6) is 11.5 Å². The van der Waals surface area contributed by atoms with Crippen molar-refractivity contribution in [1.82, 2.24) is 0 Å². The van der Waals surface area contributed by atoms with Crippen LogP contribution in [0.2, 0.25) is 0 Å². The summed E-state index contributed by atoms with van der Waals surface area (Å²) in [6, 6.07) is 26.4. The summed E-state index contributed by atoms with van der Waals surface area (Å²) in [6.45, 7) is 9.42. The molecule has 0 saturated heterocycles. The van der Waals surface area contributed by atoms with Gasteiger partial charge in [-0.2, -0.15) is 8.42 Å². The van der Waals surface area contributed by atoms with Crippen molar-refractivity contribution in [3.05, 3.63) is 109 Å². The number of carbonyl (C=O) groups is 2. The second-order valence-corrected chi connectivity index (χ2v) is 17.0. The van der Waals surface area contributed by atoms with E-state index in [1.807, 2.05) is 0 Å². The Kier molecular flexibility index (Phi) is 11.2. The maximum atomic E-state index is 14.0. The zero-order chi connectivity index (χ0) is 35.2. The van der Waals surface area contributed by atoms with Gasteiger partial charge in [0.05, 0.1) is 4.90 Å². The van der Waals surface area contributed by atoms with Crippen molar-refractivity contribution >= 4 is 32.4 Å². The van der Waals surface area contributed by atoms with Crippen molar-refractivity contribution in [3.63, 3.8) is 0 Å². The number of ether oxygens (including phenoxy) is 4. The van der Waals surface area contributed by atoms with Crippen LogP contribution in [0.3, 0.4) is 0 Å². The second-order valence-electron chi connectivity index (χ2n) is 12.5. The van der Waals surface area contributed by atoms with Crippen molar-refractivity contribution in [3.8, 4) is 11.5 Å². The fourth-order valence-electron chi connectivity index (χ4n) is 4.43. The largest absolute Gasteiger partial charge is 0.482 e. The molecule has 0 bridgehead atoms. The Morgan fingerprint density at radius 3 is 1.40 bits per heavy atom. The number of hydrogen-bond donors (Lipinski definition) is 0. The maximum Gasteiger partial charge on any atom is 0.344 e. The first-order valence-electron chi connectivity index (χ1n) is 15.0. The number of esters is 2. The Bertz CT molecular complexity index is 1730. The first-order valence-corrected chi connectivity index (χ1v) is 17.9. The topological polar surface area (TPSA) is 114 Å². The van der Waals surface area contributed by atoms with Crippen LogP contribution in [0, 0.1) is 5.82 Å². The molecule has 0 heterocycles. The molecule has 0 aliphatic rings. The third-order valence-electron chi connectivity index (χ3n) is 6.18. The number of benzene rings is 4. The summed E-state index contributed by atoms with van der Waals surface area (Å²) in [6.07, 6.45) is 0. The van der Waals surface area contributed by atoms with Crippen LogP contribution in [0.15, 0.2) is 123 Å². The summed E-state index contributed by atoms with van der Waals surface area (Å²) in [5.74, 6) is -1.65. The maximum absolute atomic E-state index is 14.0. The second kappa shape index (κ2) is 14.8. The summed E-state index contributed by atoms with van der Waals surface area (Å²) in [4.78, 5) is 26.2. The number of rotatable bonds is 12. The van der Waals surface area contributed by atoms with E-state index in [9.17, 15) is 22.4 Å². The first kappa shape index (κ1) is 36.4. The van der Waals surface area contributed by atoms with Gasteiger partial charge < -0.3 is 18.9 Å². The third-order valence-corrected chi connectivity index (χ3v) is 11.3. The minimum Gasteiger partial charge on any atom is -0.482 e. The molecule has 0 aliphatic heterocycles. The third kappa shape index (κ3) is 9.82. The molecule has 48 heavy (non-hydrogen) atoms. The molecule has 9 nitrogen and oxygen atoms in total. The normalized spacial score (nSPS) is 12.6. The van der Waals surface area contributed by atoms with Gasteiger partial charge in [-0.05, 0) is 113 Å². The fourth-order valence-corrected chi connectivity index (χ4v) is 9.69. The lowest BCUT2D eigenvalue weighted by molar-refractivity contribution is -0.158. The lowest BCUT2D eigenvalue weighted by Crippen LogP contribution is -2.27. The van der Waals surface area contributed by atoms with Crippen molar-refractivity contribution < 1.29 is 45.0 Å². The van der Waals surface area contributed by atoms with E-state index >= 15 is 0 Å². The highest BCUT2D eigenvalue weighted by atomic mass is 32.3. The Hall–Kier alpha value is -4.39. The molecular weight excluding hydrogens is 660 g/mol. The van der Waals surface area contributed by atoms with Crippen LogP contribution < -0.4 is 9.47 Å². The lowest BCUT2D eigenvalue weighted by atomic mass is 10.2. The molecule has 0 amide bonds. The van der Waals surface area contributed by atoms with E-state index in [4.69, 9.17) is 22.6 Å². The zero-order valence-electron chi connectivity index (χ0n) is 27.6. The Labute approximate surface area is 282 Å². The standard InChI is InChI=1S/C36H39FO9S2/c1-35(2,3)44-33(38)24-42-27-21-28(43-25-34(39)45-36(4,5)6)23-32(22-27)47(29-13-9-7-10-14-29,30-15-11-8-12-16-30)46-48(40,41)31-19-17-26(37)18-20-31/h7-23H,24-25H2,1-6H3. The summed E-state index contributed by atoms with van der Waals surface area (Å²) in [7, 11) is -7.76. The highest BCUT2D eigenvalue weighted by molar-refractivity contribution is 8.33. The molecule has 0 unspecified atom stereocenters. The van der Waals surface area contributed by atoms with Crippen LogP contribution >= 0.6 is 10.3 Å². The Morgan fingerprint density at radius 2 is 1.00 bits per heavy atom. The number of halogens is 1. The number of hydrogen-bond acceptors (Lipinski definition) is 9. The predicted molar refractivity (Wildman–Crippen MR) is 179 cm³/mol. The predicted octanol–water partition coefficient (Wildman–Crippen LogP) is 7.87. The van der Waals surface area contributed by atoms with Gasteiger partial charge in [0.25, 0.3) is 0 Å². The van der Waals surface area contributed by atoms with Gasteiger partial charge in [0.1, 0.15) is 28.5 Å². The molecule has 0 saturated carbocycles. The van der Waals surface area contributed by atoms with Gasteiger partial charge >= 0.3 is 22.1 Å². The van der Waals surface area contributed by atoms with E-state index < -0.39 is 62.6 Å². The van der Waals surface area contributed by atoms with E-state index in [0.717, 1.165) is 24.3 Å². The van der Waals surface area contributed by atoms with Gasteiger partial charge in [0.15, 0.2) is 13.2 Å². The molecule has 0 aliphatic carbocycles. The van der Waals surface area contributed by atoms with Crippen molar-refractivity contribution in [1.29, 1.82) is 0 Å². The highest BCUT2D eigenvalue weighted by Gasteiger charge is 2.39. The summed E-state index contributed by atoms with van der Waals surface area (Å²) >= 11 is 0. The molecule has 0 atom stereocenters. The molecular formula is C36H39FO9S2. The van der Waals surface area contributed by atoms with Gasteiger partial charge in [0.2, 0.25) is 0 Å². The van der Waals surface area contributed by atoms with Crippen molar-refractivity contribution in [2.45, 2.75) is 72.3 Å². The SMILES string of the molecule is CC(C)(C)OC(=O)COc1cc(OCC(=O)OC(C)(C)C)cc(S(OS(=O)(=O)c2ccc(F)cc2)(c2ccccc2)c2ccccc2)c1. The molecule has 0 spiro atoms. The highest BCUT2D eigenvalue weighted by Crippen LogP contribution is 2.71. The first-order chi connectivity index (χ1) is 22.5. The minimum atomic E-state index is -4.56. The van der Waals surface area contributed by atoms with E-state index in [1.54, 1.807) is 114 Å². The zero-order valence-corrected chi connectivity index (χ0v) is 29.2. The van der Waals surface area contributed by atoms with E-state index in [2.05, 4.69) is 0 Å². The van der Waals surface area contributed by atoms with Crippen LogP contribution in [0.25, 0.3) is 0 Å². The number of carbonyl (C=O) groups excluding carboxylic acids is 2.